The van der Waals surface area contributed by atoms with Crippen LogP contribution in [0.15, 0.2) is 54.8 Å². The fourth-order valence-electron chi connectivity index (χ4n) is 3.16. The fraction of sp³-hybridized carbons (Fsp3) is 0.240. The lowest BCUT2D eigenvalue weighted by molar-refractivity contribution is -0.134. The largest absolute Gasteiger partial charge is 0.508 e. The van der Waals surface area contributed by atoms with Gasteiger partial charge in [0.05, 0.1) is 10.9 Å². The molecule has 0 fully saturated rings. The first kappa shape index (κ1) is 31.1. The summed E-state index contributed by atoms with van der Waals surface area (Å²) in [7, 11) is 6.19. The summed E-state index contributed by atoms with van der Waals surface area (Å²) < 4.78 is 2.14. The average Bonchev–Trinajstić information content (AvgIpc) is 3.12. The number of pyridine rings is 1. The number of rotatable bonds is 9. The normalized spacial score (nSPS) is 10.7. The smallest absolute Gasteiger partial charge is 0.328 e. The summed E-state index contributed by atoms with van der Waals surface area (Å²) in [6.07, 6.45) is 5.12. The van der Waals surface area contributed by atoms with Crippen molar-refractivity contribution < 1.29 is 44.7 Å². The van der Waals surface area contributed by atoms with Crippen molar-refractivity contribution in [3.63, 3.8) is 0 Å². The van der Waals surface area contributed by atoms with Crippen molar-refractivity contribution in [2.75, 3.05) is 32.5 Å². The molecule has 13 heteroatoms. The first-order chi connectivity index (χ1) is 17.8. The zero-order valence-corrected chi connectivity index (χ0v) is 21.0. The fourth-order valence-corrected chi connectivity index (χ4v) is 3.16. The quantitative estimate of drug-likeness (QED) is 0.174. The molecule has 0 saturated heterocycles. The third-order valence-corrected chi connectivity index (χ3v) is 4.71. The van der Waals surface area contributed by atoms with E-state index in [9.17, 15) is 24.3 Å². The highest BCUT2D eigenvalue weighted by molar-refractivity contribution is 6.13. The molecule has 3 aromatic rings. The molecule has 38 heavy (non-hydrogen) atoms. The van der Waals surface area contributed by atoms with Crippen molar-refractivity contribution in [1.29, 1.82) is 0 Å². The van der Waals surface area contributed by atoms with Crippen molar-refractivity contribution in [3.8, 4) is 5.75 Å². The summed E-state index contributed by atoms with van der Waals surface area (Å²) in [5, 5.41) is 46.6. The van der Waals surface area contributed by atoms with E-state index in [0.717, 1.165) is 47.1 Å². The zero-order chi connectivity index (χ0) is 28.8. The summed E-state index contributed by atoms with van der Waals surface area (Å²) in [6, 6.07) is 7.49. The minimum atomic E-state index is -1.26. The maximum absolute atomic E-state index is 9.81. The number of nitrogens with one attached hydrogen (secondary N) is 1. The van der Waals surface area contributed by atoms with Crippen LogP contribution in [0.3, 0.4) is 0 Å². The lowest BCUT2D eigenvalue weighted by Gasteiger charge is -2.11. The maximum atomic E-state index is 9.81. The number of hydrogen-bond donors (Lipinski definition) is 6. The van der Waals surface area contributed by atoms with Gasteiger partial charge in [-0.2, -0.15) is 0 Å². The van der Waals surface area contributed by atoms with Crippen LogP contribution >= 0.6 is 0 Å². The minimum absolute atomic E-state index is 0.280. The Hall–Kier alpha value is -4.91. The molecule has 0 aliphatic carbocycles. The number of carboxylic acid groups (broad SMARTS) is 4. The Kier molecular flexibility index (Phi) is 12.5. The number of aromatic nitrogens is 2. The number of carbonyl (C=O) groups is 4. The average molecular weight is 531 g/mol. The topological polar surface area (TPSA) is 203 Å². The second-order valence-electron chi connectivity index (χ2n) is 7.92. The Labute approximate surface area is 217 Å². The second-order valence-corrected chi connectivity index (χ2v) is 7.92. The molecule has 0 aliphatic rings. The van der Waals surface area contributed by atoms with Gasteiger partial charge in [-0.1, -0.05) is 0 Å². The van der Waals surface area contributed by atoms with E-state index >= 15 is 0 Å². The highest BCUT2D eigenvalue weighted by atomic mass is 16.4. The van der Waals surface area contributed by atoms with E-state index in [4.69, 9.17) is 20.4 Å². The van der Waals surface area contributed by atoms with Crippen LogP contribution in [0.2, 0.25) is 0 Å². The molecule has 0 spiro atoms. The van der Waals surface area contributed by atoms with Crippen molar-refractivity contribution in [3.05, 3.63) is 54.8 Å². The number of carboxylic acids is 4. The van der Waals surface area contributed by atoms with E-state index in [1.54, 1.807) is 6.07 Å². The molecule has 0 bridgehead atoms. The van der Waals surface area contributed by atoms with Crippen LogP contribution in [-0.4, -0.2) is 91.0 Å². The highest BCUT2D eigenvalue weighted by Crippen LogP contribution is 2.34. The molecule has 13 nitrogen and oxygen atoms in total. The molecule has 1 aromatic carbocycles. The molecule has 0 saturated carbocycles. The SMILES string of the molecule is CN(C)CCCNc1nccc2c1c1cc(O)ccc1n2C.O=C(O)/C=C\C(=O)O.O=C(O)/C=C\C(=O)O. The standard InChI is InChI=1S/C17H22N4O.2C4H4O4/c1-20(2)10-4-8-18-17-16-13-11-12(22)5-6-14(13)21(3)15(16)7-9-19-17;2*5-3(6)1-2-4(7)8/h5-7,9,11,22H,4,8,10H2,1-3H3,(H,18,19);2*1-2H,(H,5,6)(H,7,8)/b;2*2-1-. The lowest BCUT2D eigenvalue weighted by atomic mass is 10.1. The number of benzene rings is 1. The van der Waals surface area contributed by atoms with Gasteiger partial charge in [0.25, 0.3) is 0 Å². The third-order valence-electron chi connectivity index (χ3n) is 4.71. The molecular formula is C25H30N4O9. The molecule has 0 atom stereocenters. The Morgan fingerprint density at radius 3 is 1.89 bits per heavy atom. The van der Waals surface area contributed by atoms with Gasteiger partial charge in [-0.15, -0.1) is 0 Å². The van der Waals surface area contributed by atoms with Crippen molar-refractivity contribution >= 4 is 51.5 Å². The monoisotopic (exact) mass is 530 g/mol. The van der Waals surface area contributed by atoms with Crippen LogP contribution in [-0.2, 0) is 26.2 Å². The predicted molar refractivity (Wildman–Crippen MR) is 140 cm³/mol. The van der Waals surface area contributed by atoms with E-state index in [0.29, 0.717) is 24.3 Å². The van der Waals surface area contributed by atoms with Crippen LogP contribution in [0, 0.1) is 0 Å². The predicted octanol–water partition coefficient (Wildman–Crippen LogP) is 2.22. The number of aryl methyl sites for hydroxylation is 1. The van der Waals surface area contributed by atoms with Gasteiger partial charge < -0.3 is 40.3 Å². The Bertz CT molecular complexity index is 1280. The van der Waals surface area contributed by atoms with Crippen LogP contribution in [0.25, 0.3) is 21.8 Å². The van der Waals surface area contributed by atoms with E-state index in [1.165, 1.54) is 0 Å². The molecule has 0 radical (unpaired) electrons. The van der Waals surface area contributed by atoms with Gasteiger partial charge >= 0.3 is 23.9 Å². The molecule has 6 N–H and O–H groups in total. The molecule has 3 rings (SSSR count). The highest BCUT2D eigenvalue weighted by Gasteiger charge is 2.13. The molecule has 0 amide bonds. The summed E-state index contributed by atoms with van der Waals surface area (Å²) >= 11 is 0. The lowest BCUT2D eigenvalue weighted by Crippen LogP contribution is -2.16. The van der Waals surface area contributed by atoms with Gasteiger partial charge in [-0.25, -0.2) is 24.2 Å². The number of aromatic hydroxyl groups is 1. The van der Waals surface area contributed by atoms with Crippen LogP contribution in [0.1, 0.15) is 6.42 Å². The zero-order valence-electron chi connectivity index (χ0n) is 21.0. The first-order valence-corrected chi connectivity index (χ1v) is 11.1. The first-order valence-electron chi connectivity index (χ1n) is 11.1. The number of aliphatic carboxylic acids is 4. The van der Waals surface area contributed by atoms with E-state index in [1.807, 2.05) is 31.4 Å². The van der Waals surface area contributed by atoms with Crippen LogP contribution in [0.5, 0.6) is 5.75 Å². The van der Waals surface area contributed by atoms with Crippen molar-refractivity contribution in [2.45, 2.75) is 6.42 Å². The van der Waals surface area contributed by atoms with E-state index in [-0.39, 0.29) is 5.75 Å². The Morgan fingerprint density at radius 1 is 0.895 bits per heavy atom. The molecule has 2 aromatic heterocycles. The summed E-state index contributed by atoms with van der Waals surface area (Å²) in [4.78, 5) is 44.9. The maximum Gasteiger partial charge on any atom is 0.328 e. The van der Waals surface area contributed by atoms with Gasteiger partial charge in [-0.3, -0.25) is 0 Å². The Balaban J connectivity index is 0.000000374. The molecule has 204 valence electrons. The second kappa shape index (κ2) is 15.3. The number of fused-ring (bicyclic) bond motifs is 3. The van der Waals surface area contributed by atoms with Gasteiger partial charge in [0.2, 0.25) is 0 Å². The van der Waals surface area contributed by atoms with E-state index in [2.05, 4.69) is 33.9 Å². The molecule has 2 heterocycles. The summed E-state index contributed by atoms with van der Waals surface area (Å²) in [6.45, 7) is 1.92. The Morgan fingerprint density at radius 2 is 1.42 bits per heavy atom. The van der Waals surface area contributed by atoms with Crippen LogP contribution < -0.4 is 5.32 Å². The van der Waals surface area contributed by atoms with Gasteiger partial charge in [0, 0.05) is 55.0 Å². The summed E-state index contributed by atoms with van der Waals surface area (Å²) in [5.41, 5.74) is 2.21. The van der Waals surface area contributed by atoms with Crippen molar-refractivity contribution in [2.24, 2.45) is 7.05 Å². The van der Waals surface area contributed by atoms with E-state index < -0.39 is 23.9 Å². The van der Waals surface area contributed by atoms with Crippen molar-refractivity contribution in [1.82, 2.24) is 14.5 Å². The minimum Gasteiger partial charge on any atom is -0.508 e. The van der Waals surface area contributed by atoms with Crippen LogP contribution in [0.4, 0.5) is 5.82 Å². The molecular weight excluding hydrogens is 500 g/mol. The van der Waals surface area contributed by atoms with Gasteiger partial charge in [-0.05, 0) is 51.3 Å². The van der Waals surface area contributed by atoms with Gasteiger partial charge in [0.1, 0.15) is 11.6 Å². The number of phenolic OH excluding ortho intramolecular Hbond substituents is 1. The third kappa shape index (κ3) is 10.8. The number of phenols is 1. The number of anilines is 1. The number of nitrogens with zero attached hydrogens (tertiary/aromatic N) is 3. The molecule has 0 aliphatic heterocycles. The summed E-state index contributed by atoms with van der Waals surface area (Å²) in [5.74, 6) is -3.87. The molecule has 0 unspecified atom stereocenters. The van der Waals surface area contributed by atoms with Gasteiger partial charge in [0.15, 0.2) is 0 Å². The number of hydrogen-bond acceptors (Lipinski definition) is 8.